The maximum Gasteiger partial charge on any atom is 0.121 e. The molecule has 1 aromatic carbocycles. The van der Waals surface area contributed by atoms with Crippen molar-refractivity contribution < 1.29 is 4.74 Å². The monoisotopic (exact) mass is 265 g/mol. The fraction of sp³-hybridized carbons (Fsp3) is 0.125. The van der Waals surface area contributed by atoms with Gasteiger partial charge < -0.3 is 10.1 Å². The van der Waals surface area contributed by atoms with E-state index < -0.39 is 0 Å². The Balaban J connectivity index is 1.88. The number of methoxy groups -OCH3 is 1. The Morgan fingerprint density at radius 1 is 1.05 bits per heavy atom. The zero-order valence-electron chi connectivity index (χ0n) is 11.2. The van der Waals surface area contributed by atoms with E-state index in [-0.39, 0.29) is 0 Å². The first kappa shape index (κ1) is 12.4. The summed E-state index contributed by atoms with van der Waals surface area (Å²) in [5.74, 6) is 0.812. The summed E-state index contributed by atoms with van der Waals surface area (Å²) in [5.41, 5.74) is 2.96. The molecule has 0 saturated carbocycles. The Morgan fingerprint density at radius 2 is 2.00 bits per heavy atom. The van der Waals surface area contributed by atoms with E-state index in [1.807, 2.05) is 42.5 Å². The molecule has 2 aromatic heterocycles. The van der Waals surface area contributed by atoms with Crippen LogP contribution in [0.2, 0.25) is 0 Å². The fourth-order valence-corrected chi connectivity index (χ4v) is 2.10. The van der Waals surface area contributed by atoms with Gasteiger partial charge in [-0.2, -0.15) is 0 Å². The second kappa shape index (κ2) is 5.57. The molecule has 0 unspecified atom stereocenters. The van der Waals surface area contributed by atoms with Crippen LogP contribution in [0.5, 0.6) is 5.75 Å². The van der Waals surface area contributed by atoms with Gasteiger partial charge in [-0.1, -0.05) is 6.07 Å². The van der Waals surface area contributed by atoms with Crippen LogP contribution in [0.15, 0.2) is 54.9 Å². The van der Waals surface area contributed by atoms with Gasteiger partial charge in [-0.05, 0) is 30.3 Å². The van der Waals surface area contributed by atoms with Crippen molar-refractivity contribution in [1.82, 2.24) is 9.97 Å². The summed E-state index contributed by atoms with van der Waals surface area (Å²) >= 11 is 0. The number of hydrogen-bond acceptors (Lipinski definition) is 4. The van der Waals surface area contributed by atoms with Crippen molar-refractivity contribution in [3.8, 4) is 5.75 Å². The largest absolute Gasteiger partial charge is 0.497 e. The summed E-state index contributed by atoms with van der Waals surface area (Å²) < 4.78 is 5.22. The van der Waals surface area contributed by atoms with E-state index in [0.29, 0.717) is 6.54 Å². The summed E-state index contributed by atoms with van der Waals surface area (Å²) in [4.78, 5) is 8.67. The minimum atomic E-state index is 0.686. The van der Waals surface area contributed by atoms with Gasteiger partial charge in [-0.3, -0.25) is 9.97 Å². The van der Waals surface area contributed by atoms with E-state index in [9.17, 15) is 0 Å². The molecule has 3 rings (SSSR count). The van der Waals surface area contributed by atoms with Gasteiger partial charge in [-0.15, -0.1) is 0 Å². The van der Waals surface area contributed by atoms with Crippen molar-refractivity contribution in [2.24, 2.45) is 0 Å². The summed E-state index contributed by atoms with van der Waals surface area (Å²) in [5, 5.41) is 4.47. The van der Waals surface area contributed by atoms with Crippen LogP contribution >= 0.6 is 0 Å². The van der Waals surface area contributed by atoms with E-state index >= 15 is 0 Å². The third-order valence-corrected chi connectivity index (χ3v) is 3.14. The third-order valence-electron chi connectivity index (χ3n) is 3.14. The summed E-state index contributed by atoms with van der Waals surface area (Å²) in [6, 6.07) is 13.8. The molecule has 1 N–H and O–H groups in total. The minimum Gasteiger partial charge on any atom is -0.497 e. The van der Waals surface area contributed by atoms with Crippen LogP contribution in [0, 0.1) is 0 Å². The first-order valence-electron chi connectivity index (χ1n) is 6.43. The lowest BCUT2D eigenvalue weighted by molar-refractivity contribution is 0.415. The van der Waals surface area contributed by atoms with Crippen LogP contribution in [0.4, 0.5) is 5.69 Å². The second-order valence-electron chi connectivity index (χ2n) is 4.42. The number of rotatable bonds is 4. The Bertz CT molecular complexity index is 713. The van der Waals surface area contributed by atoms with Crippen LogP contribution in [0.1, 0.15) is 5.69 Å². The van der Waals surface area contributed by atoms with Crippen molar-refractivity contribution >= 4 is 16.6 Å². The number of hydrogen-bond donors (Lipinski definition) is 1. The average molecular weight is 265 g/mol. The number of benzene rings is 1. The van der Waals surface area contributed by atoms with Crippen molar-refractivity contribution in [3.63, 3.8) is 0 Å². The van der Waals surface area contributed by atoms with Crippen LogP contribution in [-0.2, 0) is 6.54 Å². The van der Waals surface area contributed by atoms with E-state index in [1.165, 1.54) is 0 Å². The average Bonchev–Trinajstić information content (AvgIpc) is 2.53. The topological polar surface area (TPSA) is 47.0 Å². The van der Waals surface area contributed by atoms with Crippen LogP contribution < -0.4 is 10.1 Å². The molecule has 0 aliphatic carbocycles. The van der Waals surface area contributed by atoms with Crippen molar-refractivity contribution in [3.05, 3.63) is 60.6 Å². The van der Waals surface area contributed by atoms with Gasteiger partial charge in [0.2, 0.25) is 0 Å². The van der Waals surface area contributed by atoms with Crippen molar-refractivity contribution in [2.45, 2.75) is 6.54 Å². The summed E-state index contributed by atoms with van der Waals surface area (Å²) in [6.07, 6.45) is 3.59. The smallest absolute Gasteiger partial charge is 0.121 e. The molecule has 2 heterocycles. The molecular formula is C16H15N3O. The molecule has 20 heavy (non-hydrogen) atoms. The standard InChI is InChI=1S/C16H15N3O/c1-20-13-5-6-14-15(7-9-18-16(14)10-13)19-11-12-4-2-3-8-17-12/h2-10H,11H2,1H3,(H,18,19). The van der Waals surface area contributed by atoms with E-state index in [2.05, 4.69) is 15.3 Å². The van der Waals surface area contributed by atoms with Gasteiger partial charge in [0.05, 0.1) is 24.9 Å². The van der Waals surface area contributed by atoms with Crippen LogP contribution in [-0.4, -0.2) is 17.1 Å². The number of aromatic nitrogens is 2. The summed E-state index contributed by atoms with van der Waals surface area (Å²) in [6.45, 7) is 0.686. The highest BCUT2D eigenvalue weighted by molar-refractivity contribution is 5.91. The molecule has 4 heteroatoms. The normalized spacial score (nSPS) is 10.4. The second-order valence-corrected chi connectivity index (χ2v) is 4.42. The highest BCUT2D eigenvalue weighted by atomic mass is 16.5. The highest BCUT2D eigenvalue weighted by Crippen LogP contribution is 2.25. The number of anilines is 1. The quantitative estimate of drug-likeness (QED) is 0.786. The zero-order chi connectivity index (χ0) is 13.8. The molecular weight excluding hydrogens is 250 g/mol. The van der Waals surface area contributed by atoms with Crippen LogP contribution in [0.3, 0.4) is 0 Å². The lowest BCUT2D eigenvalue weighted by Gasteiger charge is -2.09. The fourth-order valence-electron chi connectivity index (χ4n) is 2.10. The van der Waals surface area contributed by atoms with Gasteiger partial charge >= 0.3 is 0 Å². The van der Waals surface area contributed by atoms with E-state index in [0.717, 1.165) is 28.0 Å². The maximum absolute atomic E-state index is 5.22. The molecule has 0 radical (unpaired) electrons. The Labute approximate surface area is 117 Å². The molecule has 0 atom stereocenters. The zero-order valence-corrected chi connectivity index (χ0v) is 11.2. The van der Waals surface area contributed by atoms with Gasteiger partial charge in [0.1, 0.15) is 5.75 Å². The van der Waals surface area contributed by atoms with Gasteiger partial charge in [0, 0.05) is 29.5 Å². The number of ether oxygens (including phenoxy) is 1. The first-order valence-corrected chi connectivity index (χ1v) is 6.43. The maximum atomic E-state index is 5.22. The number of pyridine rings is 2. The van der Waals surface area contributed by atoms with Gasteiger partial charge in [0.25, 0.3) is 0 Å². The molecule has 3 aromatic rings. The Hall–Kier alpha value is -2.62. The molecule has 0 fully saturated rings. The van der Waals surface area contributed by atoms with Gasteiger partial charge in [-0.25, -0.2) is 0 Å². The molecule has 0 saturated heterocycles. The molecule has 4 nitrogen and oxygen atoms in total. The predicted molar refractivity (Wildman–Crippen MR) is 79.9 cm³/mol. The highest BCUT2D eigenvalue weighted by Gasteiger charge is 2.03. The van der Waals surface area contributed by atoms with Crippen molar-refractivity contribution in [1.29, 1.82) is 0 Å². The number of nitrogens with zero attached hydrogens (tertiary/aromatic N) is 2. The predicted octanol–water partition coefficient (Wildman–Crippen LogP) is 3.25. The SMILES string of the molecule is COc1ccc2c(NCc3ccccn3)ccnc2c1. The molecule has 0 spiro atoms. The molecule has 100 valence electrons. The Kier molecular flexibility index (Phi) is 3.46. The van der Waals surface area contributed by atoms with Crippen LogP contribution in [0.25, 0.3) is 10.9 Å². The number of nitrogens with one attached hydrogen (secondary N) is 1. The lowest BCUT2D eigenvalue weighted by Crippen LogP contribution is -2.02. The van der Waals surface area contributed by atoms with E-state index in [4.69, 9.17) is 4.74 Å². The first-order chi connectivity index (χ1) is 9.86. The lowest BCUT2D eigenvalue weighted by atomic mass is 10.1. The molecule has 0 bridgehead atoms. The third kappa shape index (κ3) is 2.54. The molecule has 0 amide bonds. The number of fused-ring (bicyclic) bond motifs is 1. The van der Waals surface area contributed by atoms with E-state index in [1.54, 1.807) is 19.5 Å². The minimum absolute atomic E-state index is 0.686. The molecule has 0 aliphatic rings. The van der Waals surface area contributed by atoms with Gasteiger partial charge in [0.15, 0.2) is 0 Å². The summed E-state index contributed by atoms with van der Waals surface area (Å²) in [7, 11) is 1.66. The Morgan fingerprint density at radius 3 is 2.80 bits per heavy atom. The van der Waals surface area contributed by atoms with Crippen molar-refractivity contribution in [2.75, 3.05) is 12.4 Å². The molecule has 0 aliphatic heterocycles.